The van der Waals surface area contributed by atoms with E-state index in [0.717, 1.165) is 11.1 Å². The van der Waals surface area contributed by atoms with E-state index in [2.05, 4.69) is 21.3 Å². The van der Waals surface area contributed by atoms with Crippen molar-refractivity contribution in [3.63, 3.8) is 0 Å². The van der Waals surface area contributed by atoms with Gasteiger partial charge < -0.3 is 40.2 Å². The second kappa shape index (κ2) is 15.3. The first-order valence-electron chi connectivity index (χ1n) is 14.2. The lowest BCUT2D eigenvalue weighted by molar-refractivity contribution is -0.140. The van der Waals surface area contributed by atoms with Crippen LogP contribution in [0.2, 0.25) is 0 Å². The van der Waals surface area contributed by atoms with Crippen LogP contribution in [-0.2, 0) is 19.1 Å². The molecule has 2 aromatic rings. The minimum Gasteiger partial charge on any atom is -0.490 e. The molecule has 10 nitrogen and oxygen atoms in total. The van der Waals surface area contributed by atoms with E-state index in [0.29, 0.717) is 57.5 Å². The molecule has 0 bridgehead atoms. The number of carbonyl (C=O) groups excluding carboxylic acids is 2. The summed E-state index contributed by atoms with van der Waals surface area (Å²) in [6.45, 7) is 8.31. The molecule has 0 radical (unpaired) electrons. The predicted molar refractivity (Wildman–Crippen MR) is 175 cm³/mol. The van der Waals surface area contributed by atoms with Gasteiger partial charge in [-0.3, -0.25) is 0 Å². The van der Waals surface area contributed by atoms with Crippen molar-refractivity contribution in [2.45, 2.75) is 39.8 Å². The summed E-state index contributed by atoms with van der Waals surface area (Å²) < 4.78 is 22.4. The van der Waals surface area contributed by atoms with Gasteiger partial charge in [0.1, 0.15) is 24.7 Å². The van der Waals surface area contributed by atoms with Crippen LogP contribution in [0.4, 0.5) is 0 Å². The van der Waals surface area contributed by atoms with E-state index in [1.807, 2.05) is 60.7 Å². The van der Waals surface area contributed by atoms with E-state index in [9.17, 15) is 9.59 Å². The average molecular weight is 637 g/mol. The molecule has 232 valence electrons. The van der Waals surface area contributed by atoms with E-state index in [1.54, 1.807) is 27.7 Å². The van der Waals surface area contributed by atoms with Crippen molar-refractivity contribution in [2.75, 3.05) is 26.4 Å². The van der Waals surface area contributed by atoms with Crippen molar-refractivity contribution < 1.29 is 28.5 Å². The highest BCUT2D eigenvalue weighted by molar-refractivity contribution is 7.80. The average Bonchev–Trinajstić information content (AvgIpc) is 2.98. The summed E-state index contributed by atoms with van der Waals surface area (Å²) in [5.74, 6) is 0.472. The van der Waals surface area contributed by atoms with E-state index < -0.39 is 24.0 Å². The summed E-state index contributed by atoms with van der Waals surface area (Å²) >= 11 is 10.7. The molecule has 2 aliphatic heterocycles. The lowest BCUT2D eigenvalue weighted by Crippen LogP contribution is -2.45. The van der Waals surface area contributed by atoms with Crippen LogP contribution in [-0.4, -0.2) is 48.6 Å². The fourth-order valence-electron chi connectivity index (χ4n) is 4.84. The fourth-order valence-corrected chi connectivity index (χ4v) is 5.38. The monoisotopic (exact) mass is 636 g/mol. The summed E-state index contributed by atoms with van der Waals surface area (Å²) in [6.07, 6.45) is 3.72. The summed E-state index contributed by atoms with van der Waals surface area (Å²) in [7, 11) is 0. The van der Waals surface area contributed by atoms with Gasteiger partial charge >= 0.3 is 11.9 Å². The maximum absolute atomic E-state index is 12.7. The molecular formula is C32H36N4O6S2. The van der Waals surface area contributed by atoms with Gasteiger partial charge in [0, 0.05) is 11.4 Å². The van der Waals surface area contributed by atoms with E-state index in [4.69, 9.17) is 43.4 Å². The standard InChI is InChI=1S/C32H36N4O6S2/c1-5-39-29(37)25-19(3)33-31(43)35-27(25)21-11-9-13-23(17-21)41-15-7-8-16-42-24-14-10-12-22(18-24)28-26(30(38)40-6-2)20(4)34-32(44)36-28/h7-14,17-18,27-28H,5-6,15-16H2,1-4H3,(H2,33,35,43)(H2,34,36,44)/b8-7+. The minimum absolute atomic E-state index is 0.273. The first-order valence-corrected chi connectivity index (χ1v) is 15.0. The number of allylic oxidation sites excluding steroid dienone is 2. The lowest BCUT2D eigenvalue weighted by Gasteiger charge is -2.30. The molecule has 44 heavy (non-hydrogen) atoms. The van der Waals surface area contributed by atoms with Crippen LogP contribution >= 0.6 is 24.4 Å². The molecular weight excluding hydrogens is 601 g/mol. The van der Waals surface area contributed by atoms with E-state index in [1.165, 1.54) is 0 Å². The topological polar surface area (TPSA) is 119 Å². The highest BCUT2D eigenvalue weighted by atomic mass is 32.1. The largest absolute Gasteiger partial charge is 0.490 e. The summed E-state index contributed by atoms with van der Waals surface area (Å²) in [4.78, 5) is 25.3. The van der Waals surface area contributed by atoms with Crippen molar-refractivity contribution in [1.29, 1.82) is 0 Å². The molecule has 0 spiro atoms. The highest BCUT2D eigenvalue weighted by Crippen LogP contribution is 2.31. The smallest absolute Gasteiger partial charge is 0.338 e. The third kappa shape index (κ3) is 8.14. The zero-order valence-corrected chi connectivity index (χ0v) is 26.7. The Morgan fingerprint density at radius 2 is 1.14 bits per heavy atom. The number of hydrogen-bond acceptors (Lipinski definition) is 8. The van der Waals surface area contributed by atoms with Gasteiger partial charge in [-0.05, 0) is 99.7 Å². The molecule has 12 heteroatoms. The Morgan fingerprint density at radius 3 is 1.52 bits per heavy atom. The first kappa shape index (κ1) is 32.5. The van der Waals surface area contributed by atoms with Crippen LogP contribution in [0.5, 0.6) is 11.5 Å². The summed E-state index contributed by atoms with van der Waals surface area (Å²) in [5.41, 5.74) is 3.89. The Bertz CT molecular complexity index is 1410. The maximum Gasteiger partial charge on any atom is 0.338 e. The molecule has 2 aliphatic rings. The Hall–Kier alpha value is -4.42. The molecule has 2 aromatic carbocycles. The Balaban J connectivity index is 1.35. The molecule has 0 aliphatic carbocycles. The normalized spacial score (nSPS) is 18.2. The van der Waals surface area contributed by atoms with Crippen molar-refractivity contribution in [2.24, 2.45) is 0 Å². The van der Waals surface area contributed by atoms with Crippen LogP contribution in [0.25, 0.3) is 0 Å². The van der Waals surface area contributed by atoms with Crippen LogP contribution in [0.1, 0.15) is 50.9 Å². The minimum atomic E-state index is -0.463. The summed E-state index contributed by atoms with van der Waals surface area (Å²) in [5, 5.41) is 13.2. The SMILES string of the molecule is CCOC(=O)C1=C(C)NC(=S)NC1c1cccc(OC/C=C/COc2cccc(C3NC(=S)NC(C)=C3C(=O)OCC)c2)c1. The number of benzene rings is 2. The number of esters is 2. The Labute approximate surface area is 267 Å². The second-order valence-corrected chi connectivity index (χ2v) is 10.6. The maximum atomic E-state index is 12.7. The van der Waals surface area contributed by atoms with Gasteiger partial charge in [0.05, 0.1) is 36.4 Å². The Kier molecular flexibility index (Phi) is 11.3. The molecule has 4 rings (SSSR count). The molecule has 4 N–H and O–H groups in total. The number of hydrogen-bond donors (Lipinski definition) is 4. The number of ether oxygens (including phenoxy) is 4. The van der Waals surface area contributed by atoms with E-state index >= 15 is 0 Å². The van der Waals surface area contributed by atoms with Gasteiger partial charge in [0.25, 0.3) is 0 Å². The van der Waals surface area contributed by atoms with Gasteiger partial charge in [0.15, 0.2) is 10.2 Å². The van der Waals surface area contributed by atoms with Gasteiger partial charge in [-0.2, -0.15) is 0 Å². The first-order chi connectivity index (χ1) is 21.2. The predicted octanol–water partition coefficient (Wildman–Crippen LogP) is 4.41. The summed E-state index contributed by atoms with van der Waals surface area (Å²) in [6, 6.07) is 14.0. The van der Waals surface area contributed by atoms with Crippen LogP contribution in [0.15, 0.2) is 83.2 Å². The number of thiocarbonyl (C=S) groups is 2. The van der Waals surface area contributed by atoms with Crippen molar-refractivity contribution >= 4 is 46.6 Å². The zero-order chi connectivity index (χ0) is 31.6. The highest BCUT2D eigenvalue weighted by Gasteiger charge is 2.32. The molecule has 0 aromatic heterocycles. The molecule has 2 atom stereocenters. The molecule has 0 saturated heterocycles. The number of carbonyl (C=O) groups is 2. The molecule has 0 saturated carbocycles. The third-order valence-electron chi connectivity index (χ3n) is 6.77. The van der Waals surface area contributed by atoms with Gasteiger partial charge in [-0.1, -0.05) is 24.3 Å². The van der Waals surface area contributed by atoms with Crippen molar-refractivity contribution in [3.05, 3.63) is 94.4 Å². The molecule has 0 amide bonds. The van der Waals surface area contributed by atoms with Crippen LogP contribution < -0.4 is 30.7 Å². The molecule has 2 heterocycles. The number of rotatable bonds is 12. The van der Waals surface area contributed by atoms with Gasteiger partial charge in [-0.15, -0.1) is 0 Å². The zero-order valence-electron chi connectivity index (χ0n) is 25.0. The molecule has 2 unspecified atom stereocenters. The fraction of sp³-hybridized carbons (Fsp3) is 0.312. The molecule has 0 fully saturated rings. The number of nitrogens with one attached hydrogen (secondary N) is 4. The lowest BCUT2D eigenvalue weighted by atomic mass is 9.95. The van der Waals surface area contributed by atoms with Gasteiger partial charge in [-0.25, -0.2) is 9.59 Å². The van der Waals surface area contributed by atoms with Crippen LogP contribution in [0.3, 0.4) is 0 Å². The van der Waals surface area contributed by atoms with Crippen molar-refractivity contribution in [3.8, 4) is 11.5 Å². The van der Waals surface area contributed by atoms with Crippen LogP contribution in [0, 0.1) is 0 Å². The van der Waals surface area contributed by atoms with Crippen molar-refractivity contribution in [1.82, 2.24) is 21.3 Å². The quantitative estimate of drug-likeness (QED) is 0.150. The van der Waals surface area contributed by atoms with E-state index in [-0.39, 0.29) is 13.2 Å². The van der Waals surface area contributed by atoms with Gasteiger partial charge in [0.2, 0.25) is 0 Å². The second-order valence-electron chi connectivity index (χ2n) is 9.82. The third-order valence-corrected chi connectivity index (χ3v) is 7.21. The Morgan fingerprint density at radius 1 is 0.727 bits per heavy atom.